The zero-order valence-electron chi connectivity index (χ0n) is 11.8. The van der Waals surface area contributed by atoms with Crippen LogP contribution in [0.1, 0.15) is 57.4 Å². The molecular formula is C17H24O2. The number of hydrogen-bond donors (Lipinski definition) is 1. The highest BCUT2D eigenvalue weighted by Gasteiger charge is 2.39. The van der Waals surface area contributed by atoms with Gasteiger partial charge in [-0.1, -0.05) is 38.3 Å². The number of benzene rings is 1. The van der Waals surface area contributed by atoms with Crippen molar-refractivity contribution in [2.45, 2.75) is 63.6 Å². The fraction of sp³-hybridized carbons (Fsp3) is 0.647. The molecule has 19 heavy (non-hydrogen) atoms. The molecule has 2 saturated carbocycles. The van der Waals surface area contributed by atoms with Gasteiger partial charge in [0.1, 0.15) is 5.75 Å². The normalized spacial score (nSPS) is 31.2. The Hall–Kier alpha value is -1.02. The van der Waals surface area contributed by atoms with Gasteiger partial charge in [0.2, 0.25) is 0 Å². The van der Waals surface area contributed by atoms with E-state index in [0.29, 0.717) is 12.0 Å². The first-order chi connectivity index (χ1) is 9.22. The van der Waals surface area contributed by atoms with Gasteiger partial charge in [-0.3, -0.25) is 0 Å². The third-order valence-corrected chi connectivity index (χ3v) is 4.71. The van der Waals surface area contributed by atoms with Crippen molar-refractivity contribution in [2.24, 2.45) is 5.92 Å². The van der Waals surface area contributed by atoms with Gasteiger partial charge in [-0.25, -0.2) is 0 Å². The summed E-state index contributed by atoms with van der Waals surface area (Å²) in [6, 6.07) is 8.16. The minimum atomic E-state index is -0.620. The molecule has 104 valence electrons. The minimum absolute atomic E-state index is 0.399. The molecule has 0 aliphatic heterocycles. The fourth-order valence-electron chi connectivity index (χ4n) is 3.35. The average molecular weight is 260 g/mol. The first kappa shape index (κ1) is 13.0. The molecule has 2 nitrogen and oxygen atoms in total. The Labute approximate surface area is 115 Å². The first-order valence-electron chi connectivity index (χ1n) is 7.72. The van der Waals surface area contributed by atoms with Crippen LogP contribution in [0.15, 0.2) is 24.3 Å². The van der Waals surface area contributed by atoms with E-state index in [2.05, 4.69) is 19.1 Å². The Bertz CT molecular complexity index is 421. The van der Waals surface area contributed by atoms with Crippen molar-refractivity contribution in [3.05, 3.63) is 29.8 Å². The van der Waals surface area contributed by atoms with E-state index in [1.54, 1.807) is 0 Å². The average Bonchev–Trinajstić information content (AvgIpc) is 3.24. The molecule has 0 aromatic heterocycles. The van der Waals surface area contributed by atoms with Gasteiger partial charge in [-0.2, -0.15) is 0 Å². The lowest BCUT2D eigenvalue weighted by atomic mass is 9.70. The van der Waals surface area contributed by atoms with Gasteiger partial charge in [-0.05, 0) is 49.3 Å². The highest BCUT2D eigenvalue weighted by Crippen LogP contribution is 2.43. The number of ether oxygens (including phenoxy) is 1. The highest BCUT2D eigenvalue weighted by molar-refractivity contribution is 5.32. The Balaban J connectivity index is 1.78. The quantitative estimate of drug-likeness (QED) is 0.886. The Kier molecular flexibility index (Phi) is 3.53. The van der Waals surface area contributed by atoms with Gasteiger partial charge in [0.15, 0.2) is 0 Å². The van der Waals surface area contributed by atoms with Crippen molar-refractivity contribution in [1.29, 1.82) is 0 Å². The molecular weight excluding hydrogens is 236 g/mol. The van der Waals surface area contributed by atoms with Crippen molar-refractivity contribution in [2.75, 3.05) is 0 Å². The van der Waals surface area contributed by atoms with E-state index in [-0.39, 0.29) is 0 Å². The van der Waals surface area contributed by atoms with Crippen molar-refractivity contribution >= 4 is 0 Å². The van der Waals surface area contributed by atoms with Crippen molar-refractivity contribution < 1.29 is 9.84 Å². The predicted molar refractivity (Wildman–Crippen MR) is 76.2 cm³/mol. The largest absolute Gasteiger partial charge is 0.490 e. The van der Waals surface area contributed by atoms with Crippen LogP contribution in [-0.2, 0) is 5.60 Å². The van der Waals surface area contributed by atoms with Crippen LogP contribution in [-0.4, -0.2) is 11.2 Å². The highest BCUT2D eigenvalue weighted by atomic mass is 16.5. The van der Waals surface area contributed by atoms with E-state index in [0.717, 1.165) is 37.0 Å². The SMILES string of the molecule is CCC1CCCCC1(O)c1ccc(OC2CC2)cc1. The van der Waals surface area contributed by atoms with Crippen LogP contribution in [0.2, 0.25) is 0 Å². The van der Waals surface area contributed by atoms with Gasteiger partial charge < -0.3 is 9.84 Å². The van der Waals surface area contributed by atoms with Gasteiger partial charge >= 0.3 is 0 Å². The second-order valence-corrected chi connectivity index (χ2v) is 6.12. The minimum Gasteiger partial charge on any atom is -0.490 e. The van der Waals surface area contributed by atoms with Crippen LogP contribution >= 0.6 is 0 Å². The molecule has 0 radical (unpaired) electrons. The second kappa shape index (κ2) is 5.16. The summed E-state index contributed by atoms with van der Waals surface area (Å²) >= 11 is 0. The van der Waals surface area contributed by atoms with Crippen molar-refractivity contribution in [3.63, 3.8) is 0 Å². The van der Waals surface area contributed by atoms with E-state index >= 15 is 0 Å². The zero-order valence-corrected chi connectivity index (χ0v) is 11.8. The molecule has 2 fully saturated rings. The smallest absolute Gasteiger partial charge is 0.119 e. The van der Waals surface area contributed by atoms with E-state index in [1.807, 2.05) is 12.1 Å². The molecule has 3 rings (SSSR count). The monoisotopic (exact) mass is 260 g/mol. The Morgan fingerprint density at radius 1 is 1.16 bits per heavy atom. The molecule has 2 atom stereocenters. The van der Waals surface area contributed by atoms with Gasteiger partial charge in [0.25, 0.3) is 0 Å². The maximum absolute atomic E-state index is 11.0. The zero-order chi connectivity index (χ0) is 13.3. The molecule has 1 N–H and O–H groups in total. The Morgan fingerprint density at radius 3 is 2.53 bits per heavy atom. The lowest BCUT2D eigenvalue weighted by Crippen LogP contribution is -2.37. The van der Waals surface area contributed by atoms with Crippen LogP contribution in [0.25, 0.3) is 0 Å². The van der Waals surface area contributed by atoms with Gasteiger partial charge in [-0.15, -0.1) is 0 Å². The Morgan fingerprint density at radius 2 is 1.89 bits per heavy atom. The summed E-state index contributed by atoms with van der Waals surface area (Å²) < 4.78 is 5.77. The molecule has 0 bridgehead atoms. The second-order valence-electron chi connectivity index (χ2n) is 6.12. The summed E-state index contributed by atoms with van der Waals surface area (Å²) in [6.07, 6.45) is 8.29. The maximum Gasteiger partial charge on any atom is 0.119 e. The summed E-state index contributed by atoms with van der Waals surface area (Å²) in [7, 11) is 0. The summed E-state index contributed by atoms with van der Waals surface area (Å²) in [5.41, 5.74) is 0.452. The van der Waals surface area contributed by atoms with Crippen LogP contribution in [0.3, 0.4) is 0 Å². The lowest BCUT2D eigenvalue weighted by Gasteiger charge is -2.40. The maximum atomic E-state index is 11.0. The van der Waals surface area contributed by atoms with E-state index in [9.17, 15) is 5.11 Å². The van der Waals surface area contributed by atoms with Crippen LogP contribution < -0.4 is 4.74 Å². The first-order valence-corrected chi connectivity index (χ1v) is 7.72. The lowest BCUT2D eigenvalue weighted by molar-refractivity contribution is -0.0557. The molecule has 0 heterocycles. The van der Waals surface area contributed by atoms with Crippen LogP contribution in [0, 0.1) is 5.92 Å². The molecule has 0 saturated heterocycles. The number of aliphatic hydroxyl groups is 1. The summed E-state index contributed by atoms with van der Waals surface area (Å²) in [4.78, 5) is 0. The fourth-order valence-corrected chi connectivity index (χ4v) is 3.35. The molecule has 1 aromatic rings. The van der Waals surface area contributed by atoms with Gasteiger partial charge in [0.05, 0.1) is 11.7 Å². The van der Waals surface area contributed by atoms with E-state index in [1.165, 1.54) is 19.3 Å². The van der Waals surface area contributed by atoms with E-state index < -0.39 is 5.60 Å². The summed E-state index contributed by atoms with van der Waals surface area (Å²) in [5.74, 6) is 1.34. The summed E-state index contributed by atoms with van der Waals surface area (Å²) in [5, 5.41) is 11.0. The predicted octanol–water partition coefficient (Wildman–Crippen LogP) is 4.02. The van der Waals surface area contributed by atoms with Gasteiger partial charge in [0, 0.05) is 0 Å². The summed E-state index contributed by atoms with van der Waals surface area (Å²) in [6.45, 7) is 2.19. The molecule has 0 spiro atoms. The molecule has 1 aromatic carbocycles. The standard InChI is InChI=1S/C17H24O2/c1-2-13-5-3-4-12-17(13,18)14-6-8-15(9-7-14)19-16-10-11-16/h6-9,13,16,18H,2-5,10-12H2,1H3. The molecule has 2 aliphatic carbocycles. The molecule has 2 aliphatic rings. The van der Waals surface area contributed by atoms with Crippen molar-refractivity contribution in [1.82, 2.24) is 0 Å². The third kappa shape index (κ3) is 2.64. The van der Waals surface area contributed by atoms with Crippen LogP contribution in [0.5, 0.6) is 5.75 Å². The number of hydrogen-bond acceptors (Lipinski definition) is 2. The molecule has 0 amide bonds. The molecule has 2 unspecified atom stereocenters. The van der Waals surface area contributed by atoms with Crippen molar-refractivity contribution in [3.8, 4) is 5.75 Å². The molecule has 2 heteroatoms. The topological polar surface area (TPSA) is 29.5 Å². The number of rotatable bonds is 4. The third-order valence-electron chi connectivity index (χ3n) is 4.71. The van der Waals surface area contributed by atoms with Crippen LogP contribution in [0.4, 0.5) is 0 Å². The van der Waals surface area contributed by atoms with E-state index in [4.69, 9.17) is 4.74 Å².